The average Bonchev–Trinajstić information content (AvgIpc) is 3.09. The van der Waals surface area contributed by atoms with Gasteiger partial charge < -0.3 is 15.4 Å². The molecular formula is C25H16Cl3N3O5. The van der Waals surface area contributed by atoms with Crippen LogP contribution >= 0.6 is 34.8 Å². The molecule has 2 N–H and O–H groups in total. The summed E-state index contributed by atoms with van der Waals surface area (Å²) in [6, 6.07) is 16.8. The summed E-state index contributed by atoms with van der Waals surface area (Å²) >= 11 is 18.1. The molecule has 0 aliphatic carbocycles. The molecule has 0 radical (unpaired) electrons. The summed E-state index contributed by atoms with van der Waals surface area (Å²) in [5, 5.41) is 5.83. The molecule has 1 heterocycles. The fraction of sp³-hybridized carbons (Fsp3) is 0.0400. The summed E-state index contributed by atoms with van der Waals surface area (Å²) in [6.45, 7) is 0. The van der Waals surface area contributed by atoms with Gasteiger partial charge in [-0.3, -0.25) is 14.4 Å². The SMILES string of the molecule is COC(=O)c1cccc(N2C(=O)C(Cl)=C(Nc3cccc(C(=O)Nc4ccc(Cl)c(Cl)c4)c3)C2=O)c1. The van der Waals surface area contributed by atoms with Crippen LogP contribution < -0.4 is 15.5 Å². The molecule has 3 amide bonds. The molecule has 0 unspecified atom stereocenters. The van der Waals surface area contributed by atoms with Gasteiger partial charge in [0.05, 0.1) is 28.4 Å². The van der Waals surface area contributed by atoms with E-state index < -0.39 is 23.7 Å². The maximum atomic E-state index is 13.1. The zero-order valence-electron chi connectivity index (χ0n) is 18.5. The summed E-state index contributed by atoms with van der Waals surface area (Å²) < 4.78 is 4.69. The van der Waals surface area contributed by atoms with Gasteiger partial charge in [0.1, 0.15) is 10.7 Å². The van der Waals surface area contributed by atoms with Crippen molar-refractivity contribution in [2.45, 2.75) is 0 Å². The summed E-state index contributed by atoms with van der Waals surface area (Å²) in [5.41, 5.74) is 1.19. The Kier molecular flexibility index (Phi) is 7.30. The second-order valence-electron chi connectivity index (χ2n) is 7.47. The zero-order valence-corrected chi connectivity index (χ0v) is 20.7. The van der Waals surface area contributed by atoms with Gasteiger partial charge in [0.15, 0.2) is 0 Å². The number of ether oxygens (including phenoxy) is 1. The molecule has 3 aromatic rings. The van der Waals surface area contributed by atoms with Gasteiger partial charge in [0.25, 0.3) is 17.7 Å². The Morgan fingerprint density at radius 1 is 0.806 bits per heavy atom. The Bertz CT molecular complexity index is 1450. The third kappa shape index (κ3) is 5.06. The fourth-order valence-electron chi connectivity index (χ4n) is 3.40. The van der Waals surface area contributed by atoms with E-state index in [2.05, 4.69) is 15.4 Å². The van der Waals surface area contributed by atoms with Crippen LogP contribution in [0.15, 0.2) is 77.5 Å². The third-order valence-corrected chi connectivity index (χ3v) is 6.21. The number of carbonyl (C=O) groups excluding carboxylic acids is 4. The maximum absolute atomic E-state index is 13.1. The van der Waals surface area contributed by atoms with E-state index in [4.69, 9.17) is 34.8 Å². The minimum Gasteiger partial charge on any atom is -0.465 e. The molecule has 36 heavy (non-hydrogen) atoms. The number of methoxy groups -OCH3 is 1. The van der Waals surface area contributed by atoms with Crippen molar-refractivity contribution in [1.29, 1.82) is 0 Å². The number of halogens is 3. The quantitative estimate of drug-likeness (QED) is 0.315. The standard InChI is InChI=1S/C25H16Cl3N3O5/c1-36-25(35)14-5-3-7-17(11-14)31-23(33)20(28)21(24(31)34)29-15-6-2-4-13(10-15)22(32)30-16-8-9-18(26)19(27)12-16/h2-12,29H,1H3,(H,30,32). The van der Waals surface area contributed by atoms with Gasteiger partial charge in [-0.05, 0) is 54.6 Å². The van der Waals surface area contributed by atoms with Crippen molar-refractivity contribution in [3.8, 4) is 0 Å². The first-order chi connectivity index (χ1) is 17.2. The molecule has 0 atom stereocenters. The van der Waals surface area contributed by atoms with Gasteiger partial charge in [-0.25, -0.2) is 9.69 Å². The van der Waals surface area contributed by atoms with Crippen LogP contribution in [0, 0.1) is 0 Å². The molecule has 0 bridgehead atoms. The Labute approximate surface area is 220 Å². The van der Waals surface area contributed by atoms with Gasteiger partial charge in [-0.2, -0.15) is 0 Å². The van der Waals surface area contributed by atoms with E-state index in [0.29, 0.717) is 16.4 Å². The lowest BCUT2D eigenvalue weighted by atomic mass is 10.1. The Hall–Kier alpha value is -3.85. The van der Waals surface area contributed by atoms with Crippen LogP contribution in [0.5, 0.6) is 0 Å². The Morgan fingerprint density at radius 2 is 1.53 bits per heavy atom. The number of esters is 1. The van der Waals surface area contributed by atoms with E-state index in [1.807, 2.05) is 0 Å². The highest BCUT2D eigenvalue weighted by Gasteiger charge is 2.39. The zero-order chi connectivity index (χ0) is 26.0. The minimum atomic E-state index is -0.764. The number of nitrogens with one attached hydrogen (secondary N) is 2. The second-order valence-corrected chi connectivity index (χ2v) is 8.66. The molecule has 182 valence electrons. The topological polar surface area (TPSA) is 105 Å². The number of amides is 3. The normalized spacial score (nSPS) is 13.2. The van der Waals surface area contributed by atoms with Crippen LogP contribution in [0.1, 0.15) is 20.7 Å². The molecule has 0 fully saturated rings. The molecule has 0 saturated heterocycles. The van der Waals surface area contributed by atoms with Gasteiger partial charge in [0.2, 0.25) is 0 Å². The molecule has 1 aliphatic rings. The highest BCUT2D eigenvalue weighted by molar-refractivity contribution is 6.53. The summed E-state index contributed by atoms with van der Waals surface area (Å²) in [7, 11) is 1.22. The number of anilines is 3. The van der Waals surface area contributed by atoms with Crippen LogP contribution in [0.3, 0.4) is 0 Å². The first-order valence-corrected chi connectivity index (χ1v) is 11.4. The maximum Gasteiger partial charge on any atom is 0.337 e. The number of hydrogen-bond acceptors (Lipinski definition) is 6. The van der Waals surface area contributed by atoms with Gasteiger partial charge in [-0.1, -0.05) is 46.9 Å². The molecule has 3 aromatic carbocycles. The number of benzene rings is 3. The summed E-state index contributed by atoms with van der Waals surface area (Å²) in [4.78, 5) is 51.3. The molecule has 8 nitrogen and oxygen atoms in total. The van der Waals surface area contributed by atoms with Crippen LogP contribution in [0.25, 0.3) is 0 Å². The van der Waals surface area contributed by atoms with E-state index in [1.165, 1.54) is 43.5 Å². The van der Waals surface area contributed by atoms with Gasteiger partial charge >= 0.3 is 5.97 Å². The fourth-order valence-corrected chi connectivity index (χ4v) is 3.91. The van der Waals surface area contributed by atoms with E-state index >= 15 is 0 Å². The number of nitrogens with zero attached hydrogens (tertiary/aromatic N) is 1. The predicted octanol–water partition coefficient (Wildman–Crippen LogP) is 5.47. The third-order valence-electron chi connectivity index (χ3n) is 5.12. The van der Waals surface area contributed by atoms with Crippen molar-refractivity contribution in [2.24, 2.45) is 0 Å². The minimum absolute atomic E-state index is 0.151. The average molecular weight is 545 g/mol. The van der Waals surface area contributed by atoms with Crippen molar-refractivity contribution in [3.05, 3.63) is 98.6 Å². The van der Waals surface area contributed by atoms with E-state index in [0.717, 1.165) is 4.90 Å². The lowest BCUT2D eigenvalue weighted by Crippen LogP contribution is -2.32. The monoisotopic (exact) mass is 543 g/mol. The number of rotatable bonds is 6. The molecule has 1 aliphatic heterocycles. The molecule has 0 spiro atoms. The van der Waals surface area contributed by atoms with Crippen LogP contribution in [-0.4, -0.2) is 30.8 Å². The molecular weight excluding hydrogens is 529 g/mol. The van der Waals surface area contributed by atoms with Crippen LogP contribution in [0.2, 0.25) is 10.0 Å². The molecule has 0 saturated carbocycles. The molecule has 0 aromatic heterocycles. The number of imide groups is 1. The van der Waals surface area contributed by atoms with Gasteiger partial charge in [0, 0.05) is 16.9 Å². The smallest absolute Gasteiger partial charge is 0.337 e. The second kappa shape index (κ2) is 10.4. The largest absolute Gasteiger partial charge is 0.465 e. The highest BCUT2D eigenvalue weighted by Crippen LogP contribution is 2.31. The van der Waals surface area contributed by atoms with Crippen molar-refractivity contribution in [2.75, 3.05) is 22.6 Å². The first-order valence-electron chi connectivity index (χ1n) is 10.3. The lowest BCUT2D eigenvalue weighted by molar-refractivity contribution is -0.120. The number of hydrogen-bond donors (Lipinski definition) is 2. The van der Waals surface area contributed by atoms with Crippen molar-refractivity contribution >= 4 is 75.6 Å². The first kappa shape index (κ1) is 25.2. The van der Waals surface area contributed by atoms with Crippen molar-refractivity contribution in [1.82, 2.24) is 0 Å². The van der Waals surface area contributed by atoms with E-state index in [1.54, 1.807) is 30.3 Å². The Balaban J connectivity index is 1.54. The summed E-state index contributed by atoms with van der Waals surface area (Å²) in [6.07, 6.45) is 0. The van der Waals surface area contributed by atoms with Crippen molar-refractivity contribution < 1.29 is 23.9 Å². The lowest BCUT2D eigenvalue weighted by Gasteiger charge is -2.16. The van der Waals surface area contributed by atoms with Crippen molar-refractivity contribution in [3.63, 3.8) is 0 Å². The molecule has 4 rings (SSSR count). The van der Waals surface area contributed by atoms with Crippen LogP contribution in [-0.2, 0) is 14.3 Å². The van der Waals surface area contributed by atoms with Crippen LogP contribution in [0.4, 0.5) is 17.1 Å². The Morgan fingerprint density at radius 3 is 2.25 bits per heavy atom. The predicted molar refractivity (Wildman–Crippen MR) is 138 cm³/mol. The number of carbonyl (C=O) groups is 4. The van der Waals surface area contributed by atoms with E-state index in [9.17, 15) is 19.2 Å². The summed E-state index contributed by atoms with van der Waals surface area (Å²) in [5.74, 6) is -2.55. The molecule has 11 heteroatoms. The highest BCUT2D eigenvalue weighted by atomic mass is 35.5. The van der Waals surface area contributed by atoms with Gasteiger partial charge in [-0.15, -0.1) is 0 Å². The van der Waals surface area contributed by atoms with E-state index in [-0.39, 0.29) is 32.6 Å².